The number of hydrogen-bond acceptors (Lipinski definition) is 3. The predicted molar refractivity (Wildman–Crippen MR) is 80.3 cm³/mol. The van der Waals surface area contributed by atoms with Crippen LogP contribution in [0.1, 0.15) is 5.82 Å². The topological polar surface area (TPSA) is 30.7 Å². The number of pyridine rings is 1. The number of benzene rings is 1. The molecule has 0 saturated carbocycles. The van der Waals surface area contributed by atoms with Crippen molar-refractivity contribution >= 4 is 34.5 Å². The summed E-state index contributed by atoms with van der Waals surface area (Å²) < 4.78 is 27.2. The number of alkyl halides is 3. The van der Waals surface area contributed by atoms with Crippen molar-refractivity contribution in [1.29, 1.82) is 0 Å². The highest BCUT2D eigenvalue weighted by Gasteiger charge is 2.17. The van der Waals surface area contributed by atoms with Gasteiger partial charge in [0.25, 0.3) is 5.76 Å². The summed E-state index contributed by atoms with van der Waals surface area (Å²) in [7, 11) is 0. The fourth-order valence-electron chi connectivity index (χ4n) is 2.14. The van der Waals surface area contributed by atoms with Crippen molar-refractivity contribution in [2.24, 2.45) is 0 Å². The highest BCUT2D eigenvalue weighted by atomic mass is 35.5. The maximum Gasteiger partial charge on any atom is 0.288 e. The van der Waals surface area contributed by atoms with Gasteiger partial charge in [-0.05, 0) is 24.3 Å². The Morgan fingerprint density at radius 3 is 2.76 bits per heavy atom. The average Bonchev–Trinajstić information content (AvgIpc) is 2.85. The molecule has 0 N–H and O–H groups in total. The quantitative estimate of drug-likeness (QED) is 0.523. The van der Waals surface area contributed by atoms with Crippen LogP contribution in [-0.2, 0) is 5.88 Å². The summed E-state index contributed by atoms with van der Waals surface area (Å²) in [4.78, 5) is 9.15. The van der Waals surface area contributed by atoms with Crippen LogP contribution < -0.4 is 0 Å². The highest BCUT2D eigenvalue weighted by Crippen LogP contribution is 2.33. The molecule has 0 bridgehead atoms. The predicted octanol–water partition coefficient (Wildman–Crippen LogP) is 4.47. The smallest absolute Gasteiger partial charge is 0.279 e. The molecule has 21 heavy (non-hydrogen) atoms. The molecule has 0 saturated heterocycles. The largest absolute Gasteiger partial charge is 0.288 e. The number of hydrogen-bond donors (Lipinski definition) is 0. The van der Waals surface area contributed by atoms with Crippen molar-refractivity contribution in [1.82, 2.24) is 14.5 Å². The van der Waals surface area contributed by atoms with Crippen LogP contribution in [0.5, 0.6) is 0 Å². The van der Waals surface area contributed by atoms with E-state index in [9.17, 15) is 8.78 Å². The fourth-order valence-corrected chi connectivity index (χ4v) is 2.95. The Morgan fingerprint density at radius 1 is 1.19 bits per heavy atom. The van der Waals surface area contributed by atoms with Gasteiger partial charge in [0.1, 0.15) is 11.3 Å². The van der Waals surface area contributed by atoms with Gasteiger partial charge in [-0.3, -0.25) is 4.57 Å². The van der Waals surface area contributed by atoms with Gasteiger partial charge >= 0.3 is 0 Å². The Morgan fingerprint density at radius 2 is 2.00 bits per heavy atom. The normalized spacial score (nSPS) is 11.4. The van der Waals surface area contributed by atoms with Gasteiger partial charge in [0.05, 0.1) is 11.6 Å². The average molecular weight is 326 g/mol. The molecule has 3 nitrogen and oxygen atoms in total. The summed E-state index contributed by atoms with van der Waals surface area (Å²) in [5.74, 6) is -1.75. The lowest BCUT2D eigenvalue weighted by Gasteiger charge is -2.12. The maximum absolute atomic E-state index is 12.7. The van der Waals surface area contributed by atoms with Gasteiger partial charge < -0.3 is 0 Å². The lowest BCUT2D eigenvalue weighted by Crippen LogP contribution is -2.02. The Kier molecular flexibility index (Phi) is 4.07. The first kappa shape index (κ1) is 14.3. The first-order valence-corrected chi connectivity index (χ1v) is 7.54. The number of para-hydroxylation sites is 1. The van der Waals surface area contributed by atoms with E-state index in [0.717, 1.165) is 0 Å². The molecule has 0 atom stereocenters. The van der Waals surface area contributed by atoms with Gasteiger partial charge in [0.2, 0.25) is 0 Å². The van der Waals surface area contributed by atoms with Gasteiger partial charge in [-0.25, -0.2) is 9.97 Å². The molecule has 3 aromatic rings. The molecular weight excluding hydrogens is 316 g/mol. The third-order valence-corrected chi connectivity index (χ3v) is 3.94. The second-order valence-electron chi connectivity index (χ2n) is 4.19. The minimum Gasteiger partial charge on any atom is -0.279 e. The number of thioether (sulfide) groups is 1. The number of nitrogens with zero attached hydrogens (tertiary/aromatic N) is 3. The standard InChI is InChI=1S/C14H10ClF2N3S/c15-8-12-19-9-4-3-7-18-13(9)20(12)10-5-1-2-6-11(10)21-14(16)17/h1-7,14H,8H2. The molecule has 2 aromatic heterocycles. The lowest BCUT2D eigenvalue weighted by atomic mass is 10.3. The first-order valence-electron chi connectivity index (χ1n) is 6.13. The highest BCUT2D eigenvalue weighted by molar-refractivity contribution is 7.99. The minimum absolute atomic E-state index is 0.171. The molecule has 7 heteroatoms. The molecule has 2 heterocycles. The zero-order valence-corrected chi connectivity index (χ0v) is 12.3. The molecule has 0 aliphatic heterocycles. The van der Waals surface area contributed by atoms with Crippen molar-refractivity contribution in [3.05, 3.63) is 48.4 Å². The van der Waals surface area contributed by atoms with E-state index in [2.05, 4.69) is 9.97 Å². The van der Waals surface area contributed by atoms with Crippen LogP contribution in [0.15, 0.2) is 47.5 Å². The molecular formula is C14H10ClF2N3S. The zero-order valence-electron chi connectivity index (χ0n) is 10.7. The SMILES string of the molecule is FC(F)Sc1ccccc1-n1c(CCl)nc2cccnc21. The van der Waals surface area contributed by atoms with Crippen molar-refractivity contribution in [2.75, 3.05) is 0 Å². The van der Waals surface area contributed by atoms with Gasteiger partial charge in [0.15, 0.2) is 5.65 Å². The first-order chi connectivity index (χ1) is 10.2. The molecule has 0 aliphatic carbocycles. The number of rotatable bonds is 4. The van der Waals surface area contributed by atoms with Crippen LogP contribution in [-0.4, -0.2) is 20.3 Å². The summed E-state index contributed by atoms with van der Waals surface area (Å²) in [6, 6.07) is 10.5. The van der Waals surface area contributed by atoms with Crippen LogP contribution in [0.2, 0.25) is 0 Å². The summed E-state index contributed by atoms with van der Waals surface area (Å²) in [5, 5.41) is 0. The molecule has 0 aliphatic rings. The van der Waals surface area contributed by atoms with Gasteiger partial charge in [0, 0.05) is 11.1 Å². The Labute approximate surface area is 129 Å². The van der Waals surface area contributed by atoms with Crippen molar-refractivity contribution in [2.45, 2.75) is 16.5 Å². The third kappa shape index (κ3) is 2.73. The number of aromatic nitrogens is 3. The molecule has 1 aromatic carbocycles. The zero-order chi connectivity index (χ0) is 14.8. The number of halogens is 3. The van der Waals surface area contributed by atoms with Gasteiger partial charge in [-0.1, -0.05) is 23.9 Å². The van der Waals surface area contributed by atoms with E-state index in [1.54, 1.807) is 41.1 Å². The van der Waals surface area contributed by atoms with Gasteiger partial charge in [-0.15, -0.1) is 11.6 Å². The number of fused-ring (bicyclic) bond motifs is 1. The monoisotopic (exact) mass is 325 g/mol. The molecule has 0 amide bonds. The summed E-state index contributed by atoms with van der Waals surface area (Å²) in [6.45, 7) is 0. The maximum atomic E-state index is 12.7. The number of imidazole rings is 1. The Bertz CT molecular complexity index is 776. The van der Waals surface area contributed by atoms with Crippen molar-refractivity contribution < 1.29 is 8.78 Å². The van der Waals surface area contributed by atoms with E-state index in [1.807, 2.05) is 6.07 Å². The van der Waals surface area contributed by atoms with Crippen LogP contribution in [0.4, 0.5) is 8.78 Å². The molecule has 0 spiro atoms. The van der Waals surface area contributed by atoms with Crippen LogP contribution in [0, 0.1) is 0 Å². The molecule has 3 rings (SSSR count). The van der Waals surface area contributed by atoms with Crippen molar-refractivity contribution in [3.8, 4) is 5.69 Å². The van der Waals surface area contributed by atoms with E-state index in [0.29, 0.717) is 39.3 Å². The van der Waals surface area contributed by atoms with E-state index >= 15 is 0 Å². The third-order valence-electron chi connectivity index (χ3n) is 2.93. The molecule has 0 unspecified atom stereocenters. The molecule has 108 valence electrons. The van der Waals surface area contributed by atoms with Crippen LogP contribution in [0.25, 0.3) is 16.9 Å². The van der Waals surface area contributed by atoms with E-state index in [4.69, 9.17) is 11.6 Å². The second kappa shape index (κ2) is 5.99. The summed E-state index contributed by atoms with van der Waals surface area (Å²) in [5.41, 5.74) is 1.90. The molecule has 0 fully saturated rings. The van der Waals surface area contributed by atoms with Crippen LogP contribution in [0.3, 0.4) is 0 Å². The van der Waals surface area contributed by atoms with Gasteiger partial charge in [-0.2, -0.15) is 8.78 Å². The lowest BCUT2D eigenvalue weighted by molar-refractivity contribution is 0.252. The van der Waals surface area contributed by atoms with E-state index in [-0.39, 0.29) is 5.88 Å². The van der Waals surface area contributed by atoms with E-state index in [1.165, 1.54) is 0 Å². The molecule has 0 radical (unpaired) electrons. The Hall–Kier alpha value is -1.66. The van der Waals surface area contributed by atoms with Crippen molar-refractivity contribution in [3.63, 3.8) is 0 Å². The fraction of sp³-hybridized carbons (Fsp3) is 0.143. The Balaban J connectivity index is 2.25. The van der Waals surface area contributed by atoms with Crippen LogP contribution >= 0.6 is 23.4 Å². The second-order valence-corrected chi connectivity index (χ2v) is 5.49. The summed E-state index contributed by atoms with van der Waals surface area (Å²) >= 11 is 6.44. The van der Waals surface area contributed by atoms with E-state index < -0.39 is 5.76 Å². The minimum atomic E-state index is -2.49. The summed E-state index contributed by atoms with van der Waals surface area (Å²) in [6.07, 6.45) is 1.64.